The smallest absolute Gasteiger partial charge is 0.0672 e. The highest BCUT2D eigenvalue weighted by Gasteiger charge is 2.21. The molecule has 0 unspecified atom stereocenters. The first kappa shape index (κ1) is 8.86. The molecule has 0 saturated heterocycles. The minimum Gasteiger partial charge on any atom is -0.271 e. The summed E-state index contributed by atoms with van der Waals surface area (Å²) in [5, 5.41) is 4.25. The molecule has 64 valence electrons. The van der Waals surface area contributed by atoms with E-state index in [0.29, 0.717) is 0 Å². The maximum atomic E-state index is 5.43. The molecule has 0 amide bonds. The van der Waals surface area contributed by atoms with E-state index in [0.717, 1.165) is 11.4 Å². The highest BCUT2D eigenvalue weighted by molar-refractivity contribution is 5.27. The van der Waals surface area contributed by atoms with Gasteiger partial charge in [0.15, 0.2) is 0 Å². The van der Waals surface area contributed by atoms with E-state index in [2.05, 4.69) is 11.0 Å². The van der Waals surface area contributed by atoms with Gasteiger partial charge in [-0.05, 0) is 26.8 Å². The number of terminal acetylenes is 1. The topological polar surface area (TPSA) is 17.8 Å². The third-order valence-electron chi connectivity index (χ3n) is 2.00. The zero-order valence-corrected chi connectivity index (χ0v) is 8.05. The summed E-state index contributed by atoms with van der Waals surface area (Å²) in [6.07, 6.45) is 5.43. The molecule has 0 saturated carbocycles. The van der Waals surface area contributed by atoms with E-state index >= 15 is 0 Å². The third-order valence-corrected chi connectivity index (χ3v) is 2.00. The lowest BCUT2D eigenvalue weighted by atomic mass is 9.90. The highest BCUT2D eigenvalue weighted by atomic mass is 15.3. The highest BCUT2D eigenvalue weighted by Crippen LogP contribution is 2.21. The Kier molecular flexibility index (Phi) is 1.97. The number of aromatic nitrogens is 2. The molecule has 0 spiro atoms. The van der Waals surface area contributed by atoms with Crippen molar-refractivity contribution in [3.8, 4) is 12.3 Å². The molecule has 0 aromatic carbocycles. The zero-order chi connectivity index (χ0) is 9.35. The van der Waals surface area contributed by atoms with Gasteiger partial charge in [0.2, 0.25) is 0 Å². The quantitative estimate of drug-likeness (QED) is 0.574. The molecule has 2 heteroatoms. The predicted molar refractivity (Wildman–Crippen MR) is 49.8 cm³/mol. The number of nitrogens with zero attached hydrogens (tertiary/aromatic N) is 2. The minimum atomic E-state index is -0.226. The van der Waals surface area contributed by atoms with Gasteiger partial charge in [-0.15, -0.1) is 6.42 Å². The molecule has 0 aliphatic rings. The Hall–Kier alpha value is -1.23. The number of aryl methyl sites for hydroxylation is 2. The Morgan fingerprint density at radius 3 is 2.50 bits per heavy atom. The molecule has 1 aromatic heterocycles. The molecule has 1 aromatic rings. The molecule has 0 atom stereocenters. The van der Waals surface area contributed by atoms with Gasteiger partial charge in [0, 0.05) is 7.05 Å². The molecule has 1 rings (SSSR count). The Labute approximate surface area is 73.6 Å². The van der Waals surface area contributed by atoms with Crippen LogP contribution in [0.25, 0.3) is 0 Å². The van der Waals surface area contributed by atoms with Gasteiger partial charge in [0.05, 0.1) is 16.8 Å². The van der Waals surface area contributed by atoms with E-state index in [1.165, 1.54) is 0 Å². The summed E-state index contributed by atoms with van der Waals surface area (Å²) in [7, 11) is 1.92. The fourth-order valence-electron chi connectivity index (χ4n) is 1.27. The van der Waals surface area contributed by atoms with Gasteiger partial charge in [0.25, 0.3) is 0 Å². The maximum absolute atomic E-state index is 5.43. The van der Waals surface area contributed by atoms with Crippen LogP contribution >= 0.6 is 0 Å². The maximum Gasteiger partial charge on any atom is 0.0672 e. The summed E-state index contributed by atoms with van der Waals surface area (Å²) >= 11 is 0. The average molecular weight is 162 g/mol. The molecule has 1 heterocycles. The molecule has 0 aliphatic heterocycles. The Bertz CT molecular complexity index is 326. The van der Waals surface area contributed by atoms with E-state index in [-0.39, 0.29) is 5.41 Å². The molecule has 12 heavy (non-hydrogen) atoms. The number of rotatable bonds is 1. The summed E-state index contributed by atoms with van der Waals surface area (Å²) < 4.78 is 1.84. The van der Waals surface area contributed by atoms with Gasteiger partial charge in [-0.2, -0.15) is 5.10 Å². The van der Waals surface area contributed by atoms with Crippen molar-refractivity contribution < 1.29 is 0 Å². The van der Waals surface area contributed by atoms with Crippen molar-refractivity contribution in [3.05, 3.63) is 17.5 Å². The number of hydrogen-bond acceptors (Lipinski definition) is 1. The lowest BCUT2D eigenvalue weighted by Gasteiger charge is -2.16. The molecule has 0 aliphatic carbocycles. The Balaban J connectivity index is 3.21. The van der Waals surface area contributed by atoms with Crippen LogP contribution in [0.4, 0.5) is 0 Å². The predicted octanol–water partition coefficient (Wildman–Crippen LogP) is 1.64. The molecule has 0 radical (unpaired) electrons. The third kappa shape index (κ3) is 1.35. The van der Waals surface area contributed by atoms with Crippen LogP contribution in [-0.2, 0) is 12.5 Å². The second-order valence-corrected chi connectivity index (χ2v) is 3.56. The van der Waals surface area contributed by atoms with E-state index in [1.54, 1.807) is 0 Å². The van der Waals surface area contributed by atoms with Crippen LogP contribution < -0.4 is 0 Å². The van der Waals surface area contributed by atoms with Crippen LogP contribution in [-0.4, -0.2) is 9.78 Å². The van der Waals surface area contributed by atoms with Crippen molar-refractivity contribution in [3.63, 3.8) is 0 Å². The lowest BCUT2D eigenvalue weighted by molar-refractivity contribution is 0.592. The van der Waals surface area contributed by atoms with Gasteiger partial charge in [-0.3, -0.25) is 4.68 Å². The first-order chi connectivity index (χ1) is 5.47. The van der Waals surface area contributed by atoms with Crippen LogP contribution in [0.3, 0.4) is 0 Å². The summed E-state index contributed by atoms with van der Waals surface area (Å²) in [5.74, 6) is 2.75. The standard InChI is InChI=1S/C10H14N2/c1-6-10(3,4)9-7-8(2)11-12(9)5/h1,7H,2-5H3. The summed E-state index contributed by atoms with van der Waals surface area (Å²) in [6, 6.07) is 2.03. The first-order valence-corrected chi connectivity index (χ1v) is 3.96. The summed E-state index contributed by atoms with van der Waals surface area (Å²) in [6.45, 7) is 6.00. The molecule has 2 nitrogen and oxygen atoms in total. The van der Waals surface area contributed by atoms with Crippen LogP contribution in [0.2, 0.25) is 0 Å². The number of hydrogen-bond donors (Lipinski definition) is 0. The molecular formula is C10H14N2. The second kappa shape index (κ2) is 2.67. The van der Waals surface area contributed by atoms with Gasteiger partial charge in [-0.25, -0.2) is 0 Å². The SMILES string of the molecule is C#CC(C)(C)c1cc(C)nn1C. The van der Waals surface area contributed by atoms with E-state index < -0.39 is 0 Å². The van der Waals surface area contributed by atoms with Gasteiger partial charge in [0.1, 0.15) is 0 Å². The van der Waals surface area contributed by atoms with Crippen LogP contribution in [0.15, 0.2) is 6.07 Å². The van der Waals surface area contributed by atoms with Crippen LogP contribution in [0.1, 0.15) is 25.2 Å². The normalized spacial score (nSPS) is 11.2. The Morgan fingerprint density at radius 2 is 2.17 bits per heavy atom. The van der Waals surface area contributed by atoms with E-state index in [4.69, 9.17) is 6.42 Å². The largest absolute Gasteiger partial charge is 0.271 e. The lowest BCUT2D eigenvalue weighted by Crippen LogP contribution is -2.18. The first-order valence-electron chi connectivity index (χ1n) is 3.96. The average Bonchev–Trinajstić information content (AvgIpc) is 2.31. The molecule has 0 N–H and O–H groups in total. The van der Waals surface area contributed by atoms with Crippen LogP contribution in [0.5, 0.6) is 0 Å². The van der Waals surface area contributed by atoms with Crippen molar-refractivity contribution in [1.29, 1.82) is 0 Å². The van der Waals surface area contributed by atoms with Crippen LogP contribution in [0, 0.1) is 19.3 Å². The molecule has 0 fully saturated rings. The van der Waals surface area contributed by atoms with Gasteiger partial charge >= 0.3 is 0 Å². The van der Waals surface area contributed by atoms with E-state index in [1.807, 2.05) is 38.6 Å². The second-order valence-electron chi connectivity index (χ2n) is 3.56. The Morgan fingerprint density at radius 1 is 1.58 bits per heavy atom. The summed E-state index contributed by atoms with van der Waals surface area (Å²) in [4.78, 5) is 0. The zero-order valence-electron chi connectivity index (χ0n) is 8.05. The fraction of sp³-hybridized carbons (Fsp3) is 0.500. The van der Waals surface area contributed by atoms with Crippen molar-refractivity contribution >= 4 is 0 Å². The van der Waals surface area contributed by atoms with Gasteiger partial charge in [-0.1, -0.05) is 5.92 Å². The van der Waals surface area contributed by atoms with Crippen molar-refractivity contribution in [2.75, 3.05) is 0 Å². The molecule has 0 bridgehead atoms. The van der Waals surface area contributed by atoms with Crippen molar-refractivity contribution in [2.45, 2.75) is 26.2 Å². The van der Waals surface area contributed by atoms with Crippen molar-refractivity contribution in [1.82, 2.24) is 9.78 Å². The van der Waals surface area contributed by atoms with Gasteiger partial charge < -0.3 is 0 Å². The fourth-order valence-corrected chi connectivity index (χ4v) is 1.27. The molecular weight excluding hydrogens is 148 g/mol. The minimum absolute atomic E-state index is 0.226. The monoisotopic (exact) mass is 162 g/mol. The summed E-state index contributed by atoms with van der Waals surface area (Å²) in [5.41, 5.74) is 1.87. The van der Waals surface area contributed by atoms with Crippen molar-refractivity contribution in [2.24, 2.45) is 7.05 Å². The van der Waals surface area contributed by atoms with E-state index in [9.17, 15) is 0 Å².